The Kier molecular flexibility index (Phi) is 46.8. The summed E-state index contributed by atoms with van der Waals surface area (Å²) >= 11 is 0. The lowest BCUT2D eigenvalue weighted by Crippen LogP contribution is -2.45. The highest BCUT2D eigenvalue weighted by Gasteiger charge is 2.27. The topological polar surface area (TPSA) is 105 Å². The molecule has 0 spiro atoms. The average molecular weight is 976 g/mol. The van der Waals surface area contributed by atoms with Crippen molar-refractivity contribution in [1.29, 1.82) is 0 Å². The zero-order valence-electron chi connectivity index (χ0n) is 44.2. The molecular formula is C60H100N2O6P+. The number of allylic oxidation sites excluding steroid dienone is 23. The molecule has 0 aromatic rings. The predicted molar refractivity (Wildman–Crippen MR) is 299 cm³/mol. The largest absolute Gasteiger partial charge is 0.472 e. The molecular weight excluding hydrogens is 876 g/mol. The molecule has 0 aromatic carbocycles. The lowest BCUT2D eigenvalue weighted by molar-refractivity contribution is -0.870. The van der Waals surface area contributed by atoms with Crippen molar-refractivity contribution >= 4 is 13.7 Å². The summed E-state index contributed by atoms with van der Waals surface area (Å²) in [7, 11) is 1.48. The summed E-state index contributed by atoms with van der Waals surface area (Å²) in [6, 6.07) is -0.912. The van der Waals surface area contributed by atoms with Crippen LogP contribution in [0.5, 0.6) is 0 Å². The number of nitrogens with one attached hydrogen (secondary N) is 1. The zero-order chi connectivity index (χ0) is 50.6. The van der Waals surface area contributed by atoms with Gasteiger partial charge in [-0.05, 0) is 109 Å². The summed E-state index contributed by atoms with van der Waals surface area (Å²) in [5.41, 5.74) is 0. The first-order valence-corrected chi connectivity index (χ1v) is 28.2. The first kappa shape index (κ1) is 65.4. The molecule has 8 nitrogen and oxygen atoms in total. The van der Waals surface area contributed by atoms with Crippen LogP contribution in [0.3, 0.4) is 0 Å². The molecule has 0 aliphatic carbocycles. The Morgan fingerprint density at radius 2 is 0.884 bits per heavy atom. The number of aliphatic hydroxyl groups is 1. The molecule has 0 aliphatic rings. The second-order valence-electron chi connectivity index (χ2n) is 18.5. The van der Waals surface area contributed by atoms with Gasteiger partial charge in [0.15, 0.2) is 0 Å². The van der Waals surface area contributed by atoms with Crippen LogP contribution in [-0.2, 0) is 18.4 Å². The highest BCUT2D eigenvalue weighted by Crippen LogP contribution is 2.43. The lowest BCUT2D eigenvalue weighted by Gasteiger charge is -2.25. The van der Waals surface area contributed by atoms with E-state index in [-0.39, 0.29) is 25.5 Å². The Morgan fingerprint density at radius 3 is 1.33 bits per heavy atom. The van der Waals surface area contributed by atoms with Gasteiger partial charge in [0.2, 0.25) is 5.91 Å². The van der Waals surface area contributed by atoms with E-state index in [0.29, 0.717) is 17.4 Å². The molecule has 0 radical (unpaired) electrons. The van der Waals surface area contributed by atoms with E-state index in [0.717, 1.165) is 89.9 Å². The van der Waals surface area contributed by atoms with Gasteiger partial charge in [0.25, 0.3) is 0 Å². The number of rotatable bonds is 46. The monoisotopic (exact) mass is 976 g/mol. The Bertz CT molecular complexity index is 1620. The first-order chi connectivity index (χ1) is 33.5. The average Bonchev–Trinajstić information content (AvgIpc) is 3.31. The van der Waals surface area contributed by atoms with Crippen molar-refractivity contribution < 1.29 is 32.9 Å². The van der Waals surface area contributed by atoms with E-state index in [1.807, 2.05) is 27.2 Å². The fourth-order valence-electron chi connectivity index (χ4n) is 6.60. The van der Waals surface area contributed by atoms with Crippen LogP contribution < -0.4 is 5.32 Å². The van der Waals surface area contributed by atoms with Crippen LogP contribution >= 0.6 is 7.82 Å². The summed E-state index contributed by atoms with van der Waals surface area (Å²) in [6.45, 7) is 4.59. The fraction of sp³-hybridized carbons (Fsp3) is 0.583. The number of phosphoric acid groups is 1. The third-order valence-corrected chi connectivity index (χ3v) is 11.8. The second kappa shape index (κ2) is 49.4. The quantitative estimate of drug-likeness (QED) is 0.0243. The van der Waals surface area contributed by atoms with Crippen molar-refractivity contribution in [3.63, 3.8) is 0 Å². The number of hydrogen-bond donors (Lipinski definition) is 3. The summed E-state index contributed by atoms with van der Waals surface area (Å²) < 4.78 is 23.6. The summed E-state index contributed by atoms with van der Waals surface area (Å²) in [4.78, 5) is 23.2. The van der Waals surface area contributed by atoms with Crippen molar-refractivity contribution in [2.75, 3.05) is 40.9 Å². The van der Waals surface area contributed by atoms with E-state index >= 15 is 0 Å². The van der Waals surface area contributed by atoms with Crippen LogP contribution in [0, 0.1) is 0 Å². The molecule has 0 saturated heterocycles. The number of phosphoric ester groups is 1. The van der Waals surface area contributed by atoms with Crippen LogP contribution in [0.1, 0.15) is 174 Å². The van der Waals surface area contributed by atoms with Gasteiger partial charge in [-0.3, -0.25) is 13.8 Å². The molecule has 0 fully saturated rings. The van der Waals surface area contributed by atoms with Gasteiger partial charge in [-0.25, -0.2) is 4.57 Å². The summed E-state index contributed by atoms with van der Waals surface area (Å²) in [6.07, 6.45) is 76.6. The van der Waals surface area contributed by atoms with Gasteiger partial charge in [0.05, 0.1) is 39.9 Å². The molecule has 0 aliphatic heterocycles. The number of nitrogens with zero attached hydrogens (tertiary/aromatic N) is 1. The Morgan fingerprint density at radius 1 is 0.507 bits per heavy atom. The minimum absolute atomic E-state index is 0.0337. The number of carbonyl (C=O) groups is 1. The van der Waals surface area contributed by atoms with E-state index in [9.17, 15) is 19.4 Å². The van der Waals surface area contributed by atoms with Crippen molar-refractivity contribution in [1.82, 2.24) is 5.32 Å². The van der Waals surface area contributed by atoms with Crippen LogP contribution in [0.4, 0.5) is 0 Å². The maximum atomic E-state index is 12.9. The van der Waals surface area contributed by atoms with Crippen LogP contribution in [0.25, 0.3) is 0 Å². The molecule has 0 saturated carbocycles. The molecule has 0 aromatic heterocycles. The standard InChI is InChI=1S/C60H99N2O6P/c1-6-8-10-12-14-16-18-20-22-24-26-27-28-29-30-31-32-33-34-35-36-38-40-42-44-46-48-50-52-54-60(64)61-58(57-68-69(65,66)67-56-55-62(3,4)5)59(63)53-51-49-47-45-43-41-39-37-25-23-21-19-17-15-13-11-9-7-2/h8,10,14,16,20,22,25-27,29-30,32-33,35-37,40,42-43,45-46,48,51,53,58-59,63H,6-7,9,11-13,15,17-19,21,23-24,28,31,34,38-39,41,44,47,49-50,52,54-57H2,1-5H3,(H-,61,64,65,66)/p+1/b10-8-,16-14-,22-20-,27-26-,30-29-,33-32-,36-35-,37-25+,42-40-,45-43+,48-46-,53-51+. The lowest BCUT2D eigenvalue weighted by atomic mass is 10.1. The van der Waals surface area contributed by atoms with Crippen LogP contribution in [0.2, 0.25) is 0 Å². The van der Waals surface area contributed by atoms with Crippen molar-refractivity contribution in [2.45, 2.75) is 187 Å². The van der Waals surface area contributed by atoms with E-state index < -0.39 is 20.0 Å². The SMILES string of the molecule is CC/C=C\C/C=C\C/C=C\C/C=C\C/C=C\C/C=C\C/C=C\C/C=C\C/C=C\CCCC(=O)NC(COP(=O)(O)OCC[N+](C)(C)C)C(O)/C=C/CC/C=C/CC/C=C/CCCCCCCCCC. The minimum atomic E-state index is -4.38. The van der Waals surface area contributed by atoms with Gasteiger partial charge in [0.1, 0.15) is 13.2 Å². The van der Waals surface area contributed by atoms with Crippen molar-refractivity contribution in [2.24, 2.45) is 0 Å². The smallest absolute Gasteiger partial charge is 0.387 e. The number of carbonyl (C=O) groups excluding carboxylic acids is 1. The molecule has 0 bridgehead atoms. The van der Waals surface area contributed by atoms with Crippen molar-refractivity contribution in [3.8, 4) is 0 Å². The van der Waals surface area contributed by atoms with Crippen LogP contribution in [0.15, 0.2) is 146 Å². The Balaban J connectivity index is 4.50. The van der Waals surface area contributed by atoms with E-state index in [1.165, 1.54) is 57.8 Å². The van der Waals surface area contributed by atoms with Crippen LogP contribution in [-0.4, -0.2) is 73.4 Å². The number of amides is 1. The predicted octanol–water partition coefficient (Wildman–Crippen LogP) is 16.1. The second-order valence-corrected chi connectivity index (χ2v) is 19.9. The highest BCUT2D eigenvalue weighted by atomic mass is 31.2. The molecule has 9 heteroatoms. The minimum Gasteiger partial charge on any atom is -0.387 e. The molecule has 3 N–H and O–H groups in total. The van der Waals surface area contributed by atoms with Gasteiger partial charge in [0, 0.05) is 6.42 Å². The maximum absolute atomic E-state index is 12.9. The zero-order valence-corrected chi connectivity index (χ0v) is 45.1. The molecule has 390 valence electrons. The first-order valence-electron chi connectivity index (χ1n) is 26.7. The third kappa shape index (κ3) is 52.0. The van der Waals surface area contributed by atoms with Crippen molar-refractivity contribution in [3.05, 3.63) is 146 Å². The van der Waals surface area contributed by atoms with E-state index in [2.05, 4.69) is 153 Å². The summed E-state index contributed by atoms with van der Waals surface area (Å²) in [5, 5.41) is 13.8. The normalized spacial score (nSPS) is 15.2. The number of likely N-dealkylation sites (N-methyl/N-ethyl adjacent to an activating group) is 1. The Labute approximate surface area is 423 Å². The number of quaternary nitrogens is 1. The van der Waals surface area contributed by atoms with E-state index in [1.54, 1.807) is 6.08 Å². The van der Waals surface area contributed by atoms with Gasteiger partial charge in [-0.1, -0.05) is 205 Å². The van der Waals surface area contributed by atoms with Gasteiger partial charge in [-0.2, -0.15) is 0 Å². The molecule has 3 unspecified atom stereocenters. The molecule has 1 amide bonds. The van der Waals surface area contributed by atoms with Gasteiger partial charge in [-0.15, -0.1) is 0 Å². The molecule has 0 heterocycles. The van der Waals surface area contributed by atoms with Gasteiger partial charge < -0.3 is 19.8 Å². The fourth-order valence-corrected chi connectivity index (χ4v) is 7.34. The van der Waals surface area contributed by atoms with E-state index in [4.69, 9.17) is 9.05 Å². The molecule has 3 atom stereocenters. The van der Waals surface area contributed by atoms with Gasteiger partial charge >= 0.3 is 7.82 Å². The number of aliphatic hydroxyl groups excluding tert-OH is 1. The molecule has 0 rings (SSSR count). The number of hydrogen-bond acceptors (Lipinski definition) is 5. The third-order valence-electron chi connectivity index (χ3n) is 10.8. The number of unbranched alkanes of at least 4 members (excludes halogenated alkanes) is 11. The highest BCUT2D eigenvalue weighted by molar-refractivity contribution is 7.47. The maximum Gasteiger partial charge on any atom is 0.472 e. The molecule has 69 heavy (non-hydrogen) atoms. The Hall–Kier alpha value is -3.62. The summed E-state index contributed by atoms with van der Waals surface area (Å²) in [5.74, 6) is -0.256.